The van der Waals surface area contributed by atoms with Gasteiger partial charge in [0.2, 0.25) is 0 Å². The zero-order chi connectivity index (χ0) is 16.8. The van der Waals surface area contributed by atoms with Crippen LogP contribution < -0.4 is 10.2 Å². The number of para-hydroxylation sites is 2. The van der Waals surface area contributed by atoms with E-state index in [-0.39, 0.29) is 5.38 Å². The third-order valence-corrected chi connectivity index (χ3v) is 6.05. The van der Waals surface area contributed by atoms with Crippen molar-refractivity contribution in [1.82, 2.24) is 4.90 Å². The quantitative estimate of drug-likeness (QED) is 0.794. The molecule has 3 aliphatic rings. The highest BCUT2D eigenvalue weighted by Crippen LogP contribution is 2.47. The van der Waals surface area contributed by atoms with Crippen LogP contribution in [-0.4, -0.2) is 35.1 Å². The highest BCUT2D eigenvalue weighted by atomic mass is 35.5. The van der Waals surface area contributed by atoms with Gasteiger partial charge in [-0.1, -0.05) is 19.1 Å². The second kappa shape index (κ2) is 6.27. The minimum Gasteiger partial charge on any atom is -0.354 e. The van der Waals surface area contributed by atoms with E-state index in [9.17, 15) is 0 Å². The number of hydrogen-bond donors (Lipinski definition) is 1. The van der Waals surface area contributed by atoms with Gasteiger partial charge in [0, 0.05) is 24.0 Å². The number of rotatable bonds is 3. The van der Waals surface area contributed by atoms with E-state index in [1.807, 2.05) is 0 Å². The first-order valence-corrected chi connectivity index (χ1v) is 9.82. The van der Waals surface area contributed by atoms with Crippen LogP contribution in [-0.2, 0) is 0 Å². The molecule has 1 aromatic rings. The predicted molar refractivity (Wildman–Crippen MR) is 103 cm³/mol. The highest BCUT2D eigenvalue weighted by molar-refractivity contribution is 6.20. The van der Waals surface area contributed by atoms with Gasteiger partial charge in [-0.3, -0.25) is 4.90 Å². The lowest BCUT2D eigenvalue weighted by atomic mass is 9.89. The summed E-state index contributed by atoms with van der Waals surface area (Å²) in [6.07, 6.45) is 4.82. The third kappa shape index (κ3) is 2.44. The Morgan fingerprint density at radius 3 is 2.79 bits per heavy atom. The summed E-state index contributed by atoms with van der Waals surface area (Å²) in [5, 5.41) is 4.08. The van der Waals surface area contributed by atoms with Crippen LogP contribution in [0.15, 0.2) is 35.5 Å². The molecule has 3 nitrogen and oxygen atoms in total. The largest absolute Gasteiger partial charge is 0.354 e. The molecular formula is C20H28ClN3. The summed E-state index contributed by atoms with van der Waals surface area (Å²) < 4.78 is 0. The lowest BCUT2D eigenvalue weighted by Crippen LogP contribution is -2.55. The van der Waals surface area contributed by atoms with E-state index in [0.29, 0.717) is 18.2 Å². The van der Waals surface area contributed by atoms with Gasteiger partial charge in [0.25, 0.3) is 0 Å². The lowest BCUT2D eigenvalue weighted by molar-refractivity contribution is 0.136. The fourth-order valence-corrected chi connectivity index (χ4v) is 5.08. The van der Waals surface area contributed by atoms with Crippen molar-refractivity contribution in [3.63, 3.8) is 0 Å². The number of hydrogen-bond acceptors (Lipinski definition) is 3. The van der Waals surface area contributed by atoms with Crippen LogP contribution in [0.4, 0.5) is 11.4 Å². The average molecular weight is 346 g/mol. The number of nitrogens with zero attached hydrogens (tertiary/aromatic N) is 2. The Bertz CT molecular complexity index is 654. The van der Waals surface area contributed by atoms with E-state index in [1.54, 1.807) is 5.57 Å². The van der Waals surface area contributed by atoms with E-state index in [4.69, 9.17) is 11.6 Å². The Balaban J connectivity index is 1.84. The van der Waals surface area contributed by atoms with Gasteiger partial charge < -0.3 is 10.2 Å². The maximum Gasteiger partial charge on any atom is 0.124 e. The van der Waals surface area contributed by atoms with Crippen LogP contribution in [0, 0.1) is 0 Å². The number of nitrogens with one attached hydrogen (secondary N) is 1. The summed E-state index contributed by atoms with van der Waals surface area (Å²) in [7, 11) is 0. The van der Waals surface area contributed by atoms with Gasteiger partial charge in [-0.05, 0) is 57.2 Å². The Labute approximate surface area is 150 Å². The molecule has 1 fully saturated rings. The zero-order valence-corrected chi connectivity index (χ0v) is 15.7. The fraction of sp³-hybridized carbons (Fsp3) is 0.600. The second-order valence-corrected chi connectivity index (χ2v) is 8.20. The van der Waals surface area contributed by atoms with Crippen LogP contribution in [0.5, 0.6) is 0 Å². The van der Waals surface area contributed by atoms with Gasteiger partial charge in [0.15, 0.2) is 0 Å². The van der Waals surface area contributed by atoms with Crippen LogP contribution in [0.2, 0.25) is 0 Å². The molecule has 0 saturated heterocycles. The van der Waals surface area contributed by atoms with E-state index in [1.165, 1.54) is 23.5 Å². The SMILES string of the molecule is CCCN1c2ccccc2NC2=C3CC(Cl)CCC3N(C(C)C)C21. The van der Waals surface area contributed by atoms with Crippen molar-refractivity contribution in [2.45, 2.75) is 70.1 Å². The average Bonchev–Trinajstić information content (AvgIpc) is 2.88. The number of anilines is 2. The second-order valence-electron chi connectivity index (χ2n) is 7.58. The summed E-state index contributed by atoms with van der Waals surface area (Å²) in [5.41, 5.74) is 5.54. The van der Waals surface area contributed by atoms with Crippen molar-refractivity contribution in [3.05, 3.63) is 35.5 Å². The van der Waals surface area contributed by atoms with Crippen LogP contribution in [0.25, 0.3) is 0 Å². The van der Waals surface area contributed by atoms with E-state index < -0.39 is 0 Å². The molecule has 1 N–H and O–H groups in total. The summed E-state index contributed by atoms with van der Waals surface area (Å²) in [5.74, 6) is 0. The molecule has 3 atom stereocenters. The summed E-state index contributed by atoms with van der Waals surface area (Å²) in [6.45, 7) is 8.02. The Morgan fingerprint density at radius 1 is 1.25 bits per heavy atom. The van der Waals surface area contributed by atoms with E-state index in [2.05, 4.69) is 60.2 Å². The number of benzene rings is 1. The van der Waals surface area contributed by atoms with Crippen LogP contribution in [0.3, 0.4) is 0 Å². The summed E-state index contributed by atoms with van der Waals surface area (Å²) in [6, 6.07) is 9.80. The van der Waals surface area contributed by atoms with Gasteiger partial charge >= 0.3 is 0 Å². The zero-order valence-electron chi connectivity index (χ0n) is 14.9. The number of halogens is 1. The lowest BCUT2D eigenvalue weighted by Gasteiger charge is -2.46. The molecule has 1 saturated carbocycles. The first kappa shape index (κ1) is 16.3. The van der Waals surface area contributed by atoms with Crippen molar-refractivity contribution in [1.29, 1.82) is 0 Å². The maximum atomic E-state index is 6.55. The first-order chi connectivity index (χ1) is 11.6. The molecule has 0 spiro atoms. The molecule has 3 unspecified atom stereocenters. The Kier molecular flexibility index (Phi) is 4.26. The van der Waals surface area contributed by atoms with Crippen LogP contribution in [0.1, 0.15) is 46.5 Å². The molecule has 0 amide bonds. The molecule has 2 aliphatic heterocycles. The van der Waals surface area contributed by atoms with E-state index >= 15 is 0 Å². The predicted octanol–water partition coefficient (Wildman–Crippen LogP) is 4.79. The molecule has 130 valence electrons. The summed E-state index contributed by atoms with van der Waals surface area (Å²) >= 11 is 6.55. The topological polar surface area (TPSA) is 18.5 Å². The van der Waals surface area contributed by atoms with Crippen molar-refractivity contribution < 1.29 is 0 Å². The molecule has 4 heteroatoms. The molecular weight excluding hydrogens is 318 g/mol. The van der Waals surface area contributed by atoms with Crippen molar-refractivity contribution >= 4 is 23.0 Å². The molecule has 24 heavy (non-hydrogen) atoms. The Morgan fingerprint density at radius 2 is 2.04 bits per heavy atom. The third-order valence-electron chi connectivity index (χ3n) is 5.68. The van der Waals surface area contributed by atoms with Gasteiger partial charge in [-0.25, -0.2) is 0 Å². The smallest absolute Gasteiger partial charge is 0.124 e. The maximum absolute atomic E-state index is 6.55. The van der Waals surface area contributed by atoms with Gasteiger partial charge in [0.05, 0.1) is 17.1 Å². The minimum atomic E-state index is 0.287. The summed E-state index contributed by atoms with van der Waals surface area (Å²) in [4.78, 5) is 5.32. The molecule has 0 radical (unpaired) electrons. The molecule has 0 aromatic heterocycles. The van der Waals surface area contributed by atoms with Crippen molar-refractivity contribution in [2.75, 3.05) is 16.8 Å². The molecule has 4 rings (SSSR count). The molecule has 0 bridgehead atoms. The van der Waals surface area contributed by atoms with Gasteiger partial charge in [-0.2, -0.15) is 0 Å². The number of fused-ring (bicyclic) bond motifs is 3. The van der Waals surface area contributed by atoms with Crippen molar-refractivity contribution in [2.24, 2.45) is 0 Å². The van der Waals surface area contributed by atoms with Crippen LogP contribution >= 0.6 is 11.6 Å². The first-order valence-electron chi connectivity index (χ1n) is 9.39. The highest BCUT2D eigenvalue weighted by Gasteiger charge is 2.48. The normalized spacial score (nSPS) is 29.4. The molecule has 1 aliphatic carbocycles. The monoisotopic (exact) mass is 345 g/mol. The van der Waals surface area contributed by atoms with Gasteiger partial charge in [-0.15, -0.1) is 11.6 Å². The fourth-order valence-electron chi connectivity index (χ4n) is 4.79. The minimum absolute atomic E-state index is 0.287. The van der Waals surface area contributed by atoms with Gasteiger partial charge in [0.1, 0.15) is 6.17 Å². The molecule has 1 aromatic carbocycles. The standard InChI is InChI=1S/C20H28ClN3/c1-4-11-23-18-8-6-5-7-16(18)22-19-15-12-14(21)9-10-17(15)24(13(2)3)20(19)23/h5-8,13-14,17,20,22H,4,9-12H2,1-3H3. The Hall–Kier alpha value is -1.19. The molecule has 2 heterocycles. The van der Waals surface area contributed by atoms with Crippen molar-refractivity contribution in [3.8, 4) is 0 Å². The number of alkyl halides is 1. The van der Waals surface area contributed by atoms with E-state index in [0.717, 1.165) is 25.8 Å².